The maximum atomic E-state index is 8.50. The van der Waals surface area contributed by atoms with E-state index in [9.17, 15) is 0 Å². The van der Waals surface area contributed by atoms with Gasteiger partial charge in [0.15, 0.2) is 0 Å². The zero-order chi connectivity index (χ0) is 21.0. The molecule has 156 valence electrons. The van der Waals surface area contributed by atoms with Gasteiger partial charge in [-0.2, -0.15) is 0 Å². The zero-order valence-corrected chi connectivity index (χ0v) is 19.4. The Morgan fingerprint density at radius 3 is 0.964 bits per heavy atom. The summed E-state index contributed by atoms with van der Waals surface area (Å²) in [6, 6.07) is 10.9. The molecule has 0 aliphatic carbocycles. The molecule has 0 saturated heterocycles. The molecule has 3 N–H and O–H groups in total. The van der Waals surface area contributed by atoms with Crippen LogP contribution in [0, 0.1) is 0 Å². The van der Waals surface area contributed by atoms with Gasteiger partial charge >= 0.3 is 42.2 Å². The van der Waals surface area contributed by atoms with Crippen molar-refractivity contribution in [2.24, 2.45) is 0 Å². The molecule has 3 rings (SSSR count). The van der Waals surface area contributed by atoms with Crippen LogP contribution >= 0.6 is 28.8 Å². The number of rotatable bonds is 3. The van der Waals surface area contributed by atoms with Gasteiger partial charge < -0.3 is 15.3 Å². The van der Waals surface area contributed by atoms with E-state index in [0.29, 0.717) is 0 Å². The van der Waals surface area contributed by atoms with Crippen LogP contribution in [0.5, 0.6) is 0 Å². The molecule has 0 unspecified atom stereocenters. The average Bonchev–Trinajstić information content (AvgIpc) is 2.76. The molecule has 0 aromatic carbocycles. The van der Waals surface area contributed by atoms with Crippen molar-refractivity contribution in [3.8, 4) is 0 Å². The van der Waals surface area contributed by atoms with Gasteiger partial charge in [0.1, 0.15) is 0 Å². The van der Waals surface area contributed by atoms with Crippen molar-refractivity contribution in [3.05, 3.63) is 90.3 Å². The predicted octanol–water partition coefficient (Wildman–Crippen LogP) is 3.79. The maximum absolute atomic E-state index is 8.50. The van der Waals surface area contributed by atoms with Gasteiger partial charge in [0.2, 0.25) is 0 Å². The standard InChI is InChI=1S/3C6H7NO.3ClH.Ir/c3*8-5-6-2-1-3-7-4-6;;;;/h3*1-4,8H,5H2;3*1H;/q;;;;;;+3/p-3. The molecule has 0 saturated carbocycles. The minimum absolute atomic E-state index is 0.0772. The summed E-state index contributed by atoms with van der Waals surface area (Å²) in [7, 11) is 14.9. The monoisotopic (exact) mass is 625 g/mol. The molecule has 0 spiro atoms. The van der Waals surface area contributed by atoms with Gasteiger partial charge in [-0.05, 0) is 34.9 Å². The Morgan fingerprint density at radius 2 is 0.857 bits per heavy atom. The Kier molecular flexibility index (Phi) is 18.4. The summed E-state index contributed by atoms with van der Waals surface area (Å²) in [5.41, 5.74) is 2.56. The van der Waals surface area contributed by atoms with Crippen LogP contribution in [0.25, 0.3) is 0 Å². The molecule has 0 fully saturated rings. The van der Waals surface area contributed by atoms with Crippen molar-refractivity contribution >= 4 is 28.8 Å². The fourth-order valence-electron chi connectivity index (χ4n) is 1.47. The SMILES string of the molecule is OCc1cccnc1.OCc1cccnc1.OCc1cccnc1.[Cl][Ir]([Cl])[Cl]. The van der Waals surface area contributed by atoms with Crippen LogP contribution in [-0.2, 0) is 33.3 Å². The third kappa shape index (κ3) is 17.0. The number of halogens is 3. The van der Waals surface area contributed by atoms with Crippen molar-refractivity contribution in [2.45, 2.75) is 19.8 Å². The minimum atomic E-state index is -1.92. The van der Waals surface area contributed by atoms with Crippen LogP contribution in [0.1, 0.15) is 16.7 Å². The summed E-state index contributed by atoms with van der Waals surface area (Å²) in [5.74, 6) is 0. The Labute approximate surface area is 182 Å². The molecule has 0 aliphatic rings. The molecule has 6 nitrogen and oxygen atoms in total. The summed E-state index contributed by atoms with van der Waals surface area (Å²) in [6.45, 7) is 0.232. The molecule has 0 bridgehead atoms. The Bertz CT molecular complexity index is 603. The van der Waals surface area contributed by atoms with Crippen LogP contribution < -0.4 is 0 Å². The molecule has 0 atom stereocenters. The van der Waals surface area contributed by atoms with E-state index >= 15 is 0 Å². The van der Waals surface area contributed by atoms with Crippen molar-refractivity contribution in [2.75, 3.05) is 0 Å². The van der Waals surface area contributed by atoms with Crippen molar-refractivity contribution < 1.29 is 28.8 Å². The molecular weight excluding hydrogens is 605 g/mol. The number of aromatic nitrogens is 3. The Balaban J connectivity index is 0.000000358. The van der Waals surface area contributed by atoms with Gasteiger partial charge in [-0.15, -0.1) is 0 Å². The first-order valence-electron chi connectivity index (χ1n) is 7.67. The van der Waals surface area contributed by atoms with E-state index in [-0.39, 0.29) is 19.8 Å². The topological polar surface area (TPSA) is 99.4 Å². The summed E-state index contributed by atoms with van der Waals surface area (Å²) < 4.78 is 0. The van der Waals surface area contributed by atoms with E-state index in [0.717, 1.165) is 16.7 Å². The van der Waals surface area contributed by atoms with Crippen LogP contribution in [-0.4, -0.2) is 30.3 Å². The van der Waals surface area contributed by atoms with Gasteiger partial charge in [-0.25, -0.2) is 0 Å². The number of nitrogens with zero attached hydrogens (tertiary/aromatic N) is 3. The van der Waals surface area contributed by atoms with Gasteiger partial charge in [0.05, 0.1) is 19.8 Å². The number of pyridine rings is 3. The van der Waals surface area contributed by atoms with Crippen molar-refractivity contribution in [3.63, 3.8) is 0 Å². The second-order valence-electron chi connectivity index (χ2n) is 4.70. The van der Waals surface area contributed by atoms with E-state index in [2.05, 4.69) is 15.0 Å². The van der Waals surface area contributed by atoms with Gasteiger partial charge in [0.25, 0.3) is 0 Å². The third-order valence-electron chi connectivity index (χ3n) is 2.72. The fourth-order valence-corrected chi connectivity index (χ4v) is 1.47. The van der Waals surface area contributed by atoms with Crippen LogP contribution in [0.4, 0.5) is 0 Å². The summed E-state index contributed by atoms with van der Waals surface area (Å²) >= 11 is -1.92. The normalized spacial score (nSPS) is 9.43. The first-order valence-corrected chi connectivity index (χ1v) is 16.6. The quantitative estimate of drug-likeness (QED) is 0.410. The van der Waals surface area contributed by atoms with Crippen LogP contribution in [0.15, 0.2) is 73.6 Å². The molecular formula is C18H21Cl3IrN3O3. The molecule has 28 heavy (non-hydrogen) atoms. The first kappa shape index (κ1) is 26.8. The molecule has 3 aromatic rings. The molecule has 0 radical (unpaired) electrons. The van der Waals surface area contributed by atoms with Crippen molar-refractivity contribution in [1.82, 2.24) is 15.0 Å². The fraction of sp³-hybridized carbons (Fsp3) is 0.167. The molecule has 10 heteroatoms. The van der Waals surface area contributed by atoms with Gasteiger partial charge in [-0.3, -0.25) is 15.0 Å². The summed E-state index contributed by atoms with van der Waals surface area (Å²) in [5, 5.41) is 25.5. The van der Waals surface area contributed by atoms with E-state index in [1.54, 1.807) is 55.4 Å². The van der Waals surface area contributed by atoms with E-state index in [1.807, 2.05) is 18.2 Å². The van der Waals surface area contributed by atoms with E-state index < -0.39 is 13.5 Å². The number of hydrogen-bond donors (Lipinski definition) is 3. The molecule has 0 amide bonds. The summed E-state index contributed by atoms with van der Waals surface area (Å²) in [4.78, 5) is 11.4. The third-order valence-corrected chi connectivity index (χ3v) is 2.72. The van der Waals surface area contributed by atoms with Crippen LogP contribution in [0.2, 0.25) is 0 Å². The molecule has 0 aliphatic heterocycles. The second kappa shape index (κ2) is 19.2. The van der Waals surface area contributed by atoms with E-state index in [4.69, 9.17) is 44.1 Å². The predicted molar refractivity (Wildman–Crippen MR) is 108 cm³/mol. The zero-order valence-electron chi connectivity index (χ0n) is 14.7. The van der Waals surface area contributed by atoms with Gasteiger partial charge in [-0.1, -0.05) is 18.2 Å². The van der Waals surface area contributed by atoms with Crippen molar-refractivity contribution in [1.29, 1.82) is 0 Å². The van der Waals surface area contributed by atoms with E-state index in [1.165, 1.54) is 0 Å². The van der Waals surface area contributed by atoms with Crippen LogP contribution in [0.3, 0.4) is 0 Å². The number of aliphatic hydroxyl groups is 3. The number of hydrogen-bond acceptors (Lipinski definition) is 6. The first-order chi connectivity index (χ1) is 13.5. The second-order valence-corrected chi connectivity index (χ2v) is 15.1. The summed E-state index contributed by atoms with van der Waals surface area (Å²) in [6.07, 6.45) is 9.96. The Morgan fingerprint density at radius 1 is 0.607 bits per heavy atom. The van der Waals surface area contributed by atoms with Gasteiger partial charge in [0, 0.05) is 37.2 Å². The Hall–Kier alpha value is -1.15. The number of aliphatic hydroxyl groups excluding tert-OH is 3. The molecule has 3 aromatic heterocycles. The average molecular weight is 626 g/mol. The molecule has 3 heterocycles.